The first-order chi connectivity index (χ1) is 13.3. The van der Waals surface area contributed by atoms with Crippen molar-refractivity contribution in [3.63, 3.8) is 0 Å². The van der Waals surface area contributed by atoms with Crippen LogP contribution in [0.15, 0.2) is 24.3 Å². The van der Waals surface area contributed by atoms with Crippen molar-refractivity contribution >= 4 is 28.6 Å². The zero-order chi connectivity index (χ0) is 19.9. The van der Waals surface area contributed by atoms with Crippen LogP contribution >= 0.6 is 11.6 Å². The van der Waals surface area contributed by atoms with E-state index in [0.717, 1.165) is 36.6 Å². The fourth-order valence-electron chi connectivity index (χ4n) is 3.44. The van der Waals surface area contributed by atoms with Gasteiger partial charge in [0.15, 0.2) is 17.0 Å². The smallest absolute Gasteiger partial charge is 0.184 e. The van der Waals surface area contributed by atoms with Crippen molar-refractivity contribution in [2.75, 3.05) is 18.0 Å². The molecule has 3 aromatic rings. The lowest BCUT2D eigenvalue weighted by atomic mass is 9.95. The highest BCUT2D eigenvalue weighted by molar-refractivity contribution is 6.31. The van der Waals surface area contributed by atoms with Crippen LogP contribution in [0.25, 0.3) is 11.2 Å². The highest BCUT2D eigenvalue weighted by atomic mass is 35.5. The Balaban J connectivity index is 1.83. The first-order valence-corrected chi connectivity index (χ1v) is 9.99. The number of β-amino-alcohol motifs (C(OH)–C–C–N with tert-alkyl or cyclic N) is 1. The van der Waals surface area contributed by atoms with Crippen LogP contribution in [0.5, 0.6) is 0 Å². The molecule has 0 saturated carbocycles. The number of fused-ring (bicyclic) bond motifs is 1. The van der Waals surface area contributed by atoms with Crippen LogP contribution in [0.3, 0.4) is 0 Å². The molecule has 1 atom stereocenters. The Bertz CT molecular complexity index is 996. The van der Waals surface area contributed by atoms with Crippen LogP contribution in [-0.4, -0.2) is 49.3 Å². The quantitative estimate of drug-likeness (QED) is 0.727. The molecule has 2 aromatic heterocycles. The molecule has 148 valence electrons. The van der Waals surface area contributed by atoms with E-state index in [2.05, 4.69) is 36.0 Å². The van der Waals surface area contributed by atoms with E-state index in [0.29, 0.717) is 29.3 Å². The van der Waals surface area contributed by atoms with Gasteiger partial charge in [0.25, 0.3) is 0 Å². The second-order valence-corrected chi connectivity index (χ2v) is 8.78. The lowest BCUT2D eigenvalue weighted by molar-refractivity contribution is 0.154. The fraction of sp³-hybridized carbons (Fsp3) is 0.500. The molecule has 1 aliphatic heterocycles. The molecule has 3 heterocycles. The van der Waals surface area contributed by atoms with Gasteiger partial charge in [0.2, 0.25) is 0 Å². The van der Waals surface area contributed by atoms with E-state index in [9.17, 15) is 5.11 Å². The zero-order valence-electron chi connectivity index (χ0n) is 16.4. The summed E-state index contributed by atoms with van der Waals surface area (Å²) in [7, 11) is 0. The normalized spacial score (nSPS) is 18.0. The summed E-state index contributed by atoms with van der Waals surface area (Å²) < 4.78 is 1.78. The average Bonchev–Trinajstić information content (AvgIpc) is 3.05. The molecule has 8 heteroatoms. The third kappa shape index (κ3) is 3.69. The van der Waals surface area contributed by atoms with Gasteiger partial charge in [-0.3, -0.25) is 0 Å². The van der Waals surface area contributed by atoms with Gasteiger partial charge in [-0.2, -0.15) is 0 Å². The number of benzene rings is 1. The van der Waals surface area contributed by atoms with Crippen molar-refractivity contribution in [3.05, 3.63) is 40.7 Å². The molecule has 0 radical (unpaired) electrons. The molecule has 4 rings (SSSR count). The molecule has 1 aliphatic rings. The lowest BCUT2D eigenvalue weighted by Gasteiger charge is -2.31. The Morgan fingerprint density at radius 1 is 1.21 bits per heavy atom. The fourth-order valence-corrected chi connectivity index (χ4v) is 3.63. The Morgan fingerprint density at radius 3 is 2.71 bits per heavy atom. The molecular weight excluding hydrogens is 376 g/mol. The van der Waals surface area contributed by atoms with Crippen LogP contribution in [-0.2, 0) is 12.0 Å². The Hall–Kier alpha value is -2.25. The number of aromatic nitrogens is 5. The van der Waals surface area contributed by atoms with E-state index in [1.165, 1.54) is 0 Å². The minimum Gasteiger partial charge on any atom is -0.391 e. The summed E-state index contributed by atoms with van der Waals surface area (Å²) in [6.07, 6.45) is 1.39. The highest BCUT2D eigenvalue weighted by Gasteiger charge is 2.27. The van der Waals surface area contributed by atoms with Crippen molar-refractivity contribution < 1.29 is 5.11 Å². The van der Waals surface area contributed by atoms with Crippen LogP contribution in [0.1, 0.15) is 45.0 Å². The molecule has 7 nitrogen and oxygen atoms in total. The van der Waals surface area contributed by atoms with E-state index in [4.69, 9.17) is 21.6 Å². The summed E-state index contributed by atoms with van der Waals surface area (Å²) in [5, 5.41) is 19.6. The second kappa shape index (κ2) is 7.29. The summed E-state index contributed by atoms with van der Waals surface area (Å²) in [4.78, 5) is 11.7. The summed E-state index contributed by atoms with van der Waals surface area (Å²) in [6.45, 7) is 8.14. The minimum absolute atomic E-state index is 0.225. The van der Waals surface area contributed by atoms with Crippen LogP contribution < -0.4 is 4.90 Å². The number of rotatable bonds is 3. The monoisotopic (exact) mass is 400 g/mol. The summed E-state index contributed by atoms with van der Waals surface area (Å²) in [5.41, 5.74) is 2.09. The molecule has 0 amide bonds. The standard InChI is InChI=1S/C20H25ClN6O/c1-20(2,3)19-22-17(26-10-6-8-14(28)12-26)16-18(23-19)27(25-24-16)11-13-7-4-5-9-15(13)21/h4-5,7,9,14,28H,6,8,10-12H2,1-3H3/t14-/m1/s1. The van der Waals surface area contributed by atoms with Gasteiger partial charge in [-0.15, -0.1) is 5.10 Å². The van der Waals surface area contributed by atoms with E-state index >= 15 is 0 Å². The first kappa shape index (κ1) is 19.1. The first-order valence-electron chi connectivity index (χ1n) is 9.61. The predicted octanol–water partition coefficient (Wildman–Crippen LogP) is 3.18. The van der Waals surface area contributed by atoms with Crippen molar-refractivity contribution in [3.8, 4) is 0 Å². The maximum Gasteiger partial charge on any atom is 0.184 e. The zero-order valence-corrected chi connectivity index (χ0v) is 17.2. The molecular formula is C20H25ClN6O. The molecule has 0 unspecified atom stereocenters. The van der Waals surface area contributed by atoms with Crippen molar-refractivity contribution in [1.82, 2.24) is 25.0 Å². The third-order valence-corrected chi connectivity index (χ3v) is 5.36. The van der Waals surface area contributed by atoms with Gasteiger partial charge < -0.3 is 10.0 Å². The summed E-state index contributed by atoms with van der Waals surface area (Å²) >= 11 is 6.33. The number of aliphatic hydroxyl groups is 1. The average molecular weight is 401 g/mol. The lowest BCUT2D eigenvalue weighted by Crippen LogP contribution is -2.39. The minimum atomic E-state index is -0.352. The molecule has 1 aromatic carbocycles. The maximum absolute atomic E-state index is 10.1. The molecule has 28 heavy (non-hydrogen) atoms. The van der Waals surface area contributed by atoms with Gasteiger partial charge in [0.1, 0.15) is 5.82 Å². The third-order valence-electron chi connectivity index (χ3n) is 4.99. The summed E-state index contributed by atoms with van der Waals surface area (Å²) in [6, 6.07) is 7.71. The SMILES string of the molecule is CC(C)(C)c1nc(N2CCC[C@@H](O)C2)c2nnn(Cc3ccccc3Cl)c2n1. The van der Waals surface area contributed by atoms with Gasteiger partial charge in [-0.25, -0.2) is 14.6 Å². The van der Waals surface area contributed by atoms with Crippen LogP contribution in [0, 0.1) is 0 Å². The van der Waals surface area contributed by atoms with Crippen molar-refractivity contribution in [2.24, 2.45) is 0 Å². The Labute approximate surface area is 169 Å². The number of hydrogen-bond donors (Lipinski definition) is 1. The molecule has 1 saturated heterocycles. The van der Waals surface area contributed by atoms with Crippen molar-refractivity contribution in [1.29, 1.82) is 0 Å². The van der Waals surface area contributed by atoms with Gasteiger partial charge in [0.05, 0.1) is 12.6 Å². The highest BCUT2D eigenvalue weighted by Crippen LogP contribution is 2.29. The maximum atomic E-state index is 10.1. The number of aliphatic hydroxyl groups excluding tert-OH is 1. The molecule has 0 bridgehead atoms. The largest absolute Gasteiger partial charge is 0.391 e. The van der Waals surface area contributed by atoms with E-state index in [1.54, 1.807) is 4.68 Å². The second-order valence-electron chi connectivity index (χ2n) is 8.37. The van der Waals surface area contributed by atoms with E-state index < -0.39 is 0 Å². The predicted molar refractivity (Wildman–Crippen MR) is 110 cm³/mol. The van der Waals surface area contributed by atoms with Gasteiger partial charge in [-0.05, 0) is 24.5 Å². The van der Waals surface area contributed by atoms with E-state index in [-0.39, 0.29) is 11.5 Å². The van der Waals surface area contributed by atoms with Gasteiger partial charge >= 0.3 is 0 Å². The number of anilines is 1. The number of nitrogens with zero attached hydrogens (tertiary/aromatic N) is 6. The molecule has 1 N–H and O–H groups in total. The number of halogens is 1. The van der Waals surface area contributed by atoms with Crippen molar-refractivity contribution in [2.45, 2.75) is 51.7 Å². The number of hydrogen-bond acceptors (Lipinski definition) is 6. The summed E-state index contributed by atoms with van der Waals surface area (Å²) in [5.74, 6) is 1.48. The van der Waals surface area contributed by atoms with Crippen LogP contribution in [0.4, 0.5) is 5.82 Å². The Morgan fingerprint density at radius 2 is 2.00 bits per heavy atom. The number of piperidine rings is 1. The van der Waals surface area contributed by atoms with Gasteiger partial charge in [0, 0.05) is 23.5 Å². The van der Waals surface area contributed by atoms with Gasteiger partial charge in [-0.1, -0.05) is 55.8 Å². The molecule has 1 fully saturated rings. The van der Waals surface area contributed by atoms with Crippen LogP contribution in [0.2, 0.25) is 5.02 Å². The van der Waals surface area contributed by atoms with E-state index in [1.807, 2.05) is 24.3 Å². The Kier molecular flexibility index (Phi) is 4.97. The topological polar surface area (TPSA) is 80.0 Å². The molecule has 0 aliphatic carbocycles. The molecule has 0 spiro atoms.